The number of alkyl halides is 4. The molecule has 16 heavy (non-hydrogen) atoms. The van der Waals surface area contributed by atoms with Crippen LogP contribution in [0.25, 0.3) is 0 Å². The van der Waals surface area contributed by atoms with E-state index in [1.807, 2.05) is 0 Å². The van der Waals surface area contributed by atoms with Crippen LogP contribution in [0.5, 0.6) is 5.75 Å². The third-order valence-electron chi connectivity index (χ3n) is 2.04. The highest BCUT2D eigenvalue weighted by Crippen LogP contribution is 2.36. The lowest BCUT2D eigenvalue weighted by Gasteiger charge is -2.13. The van der Waals surface area contributed by atoms with E-state index in [2.05, 4.69) is 0 Å². The van der Waals surface area contributed by atoms with Crippen molar-refractivity contribution in [2.24, 2.45) is 0 Å². The third-order valence-corrected chi connectivity index (χ3v) is 2.31. The zero-order chi connectivity index (χ0) is 12.3. The molecule has 0 aliphatic rings. The van der Waals surface area contributed by atoms with Crippen LogP contribution in [0.1, 0.15) is 16.7 Å². The van der Waals surface area contributed by atoms with Gasteiger partial charge in [0.1, 0.15) is 11.8 Å². The number of nitrogens with zero attached hydrogens (tertiary/aromatic N) is 1. The van der Waals surface area contributed by atoms with Crippen LogP contribution in [0.4, 0.5) is 13.2 Å². The number of hydrogen-bond donors (Lipinski definition) is 0. The lowest BCUT2D eigenvalue weighted by atomic mass is 10.0. The van der Waals surface area contributed by atoms with Gasteiger partial charge < -0.3 is 4.74 Å². The van der Waals surface area contributed by atoms with Gasteiger partial charge in [-0.1, -0.05) is 0 Å². The van der Waals surface area contributed by atoms with E-state index in [1.165, 1.54) is 13.2 Å². The van der Waals surface area contributed by atoms with Gasteiger partial charge in [0.05, 0.1) is 24.1 Å². The molecule has 0 amide bonds. The summed E-state index contributed by atoms with van der Waals surface area (Å²) in [5.41, 5.74) is -1.42. The highest BCUT2D eigenvalue weighted by atomic mass is 35.5. The minimum absolute atomic E-state index is 0.0569. The van der Waals surface area contributed by atoms with Gasteiger partial charge in [-0.25, -0.2) is 0 Å². The van der Waals surface area contributed by atoms with Gasteiger partial charge >= 0.3 is 6.18 Å². The quantitative estimate of drug-likeness (QED) is 0.753. The van der Waals surface area contributed by atoms with Crippen LogP contribution in [0, 0.1) is 11.3 Å². The summed E-state index contributed by atoms with van der Waals surface area (Å²) in [6.45, 7) is 0. The Morgan fingerprint density at radius 2 is 2.06 bits per heavy atom. The molecule has 0 aromatic heterocycles. The molecule has 0 bridgehead atoms. The van der Waals surface area contributed by atoms with Crippen molar-refractivity contribution >= 4 is 11.6 Å². The lowest BCUT2D eigenvalue weighted by molar-refractivity contribution is -0.137. The van der Waals surface area contributed by atoms with Gasteiger partial charge in [0.15, 0.2) is 0 Å². The van der Waals surface area contributed by atoms with Crippen LogP contribution >= 0.6 is 11.6 Å². The van der Waals surface area contributed by atoms with Crippen molar-refractivity contribution in [1.29, 1.82) is 5.26 Å². The van der Waals surface area contributed by atoms with E-state index in [4.69, 9.17) is 21.6 Å². The van der Waals surface area contributed by atoms with Crippen LogP contribution in [-0.2, 0) is 12.1 Å². The molecule has 0 aliphatic carbocycles. The summed E-state index contributed by atoms with van der Waals surface area (Å²) in [4.78, 5) is 0. The number of benzene rings is 1. The molecule has 0 atom stereocenters. The Hall–Kier alpha value is -1.41. The van der Waals surface area contributed by atoms with Crippen LogP contribution in [0.15, 0.2) is 12.1 Å². The summed E-state index contributed by atoms with van der Waals surface area (Å²) in [5.74, 6) is -0.0322. The van der Waals surface area contributed by atoms with Gasteiger partial charge in [-0.3, -0.25) is 0 Å². The maximum absolute atomic E-state index is 12.6. The minimum atomic E-state index is -4.57. The molecule has 0 fully saturated rings. The Balaban J connectivity index is 3.52. The molecule has 0 heterocycles. The minimum Gasteiger partial charge on any atom is -0.496 e. The second-order valence-electron chi connectivity index (χ2n) is 2.91. The molecule has 1 aromatic rings. The van der Waals surface area contributed by atoms with Gasteiger partial charge in [0, 0.05) is 5.56 Å². The smallest absolute Gasteiger partial charge is 0.417 e. The van der Waals surface area contributed by atoms with Crippen molar-refractivity contribution < 1.29 is 17.9 Å². The highest BCUT2D eigenvalue weighted by Gasteiger charge is 2.35. The van der Waals surface area contributed by atoms with Crippen molar-refractivity contribution in [2.75, 3.05) is 7.11 Å². The molecule has 0 aliphatic heterocycles. The molecule has 0 saturated heterocycles. The van der Waals surface area contributed by atoms with Gasteiger partial charge in [0.25, 0.3) is 0 Å². The van der Waals surface area contributed by atoms with E-state index >= 15 is 0 Å². The third kappa shape index (κ3) is 2.22. The molecule has 0 unspecified atom stereocenters. The fraction of sp³-hybridized carbons (Fsp3) is 0.300. The number of rotatable bonds is 2. The van der Waals surface area contributed by atoms with Crippen molar-refractivity contribution in [1.82, 2.24) is 0 Å². The molecule has 0 radical (unpaired) electrons. The van der Waals surface area contributed by atoms with E-state index in [0.717, 1.165) is 12.1 Å². The summed E-state index contributed by atoms with van der Waals surface area (Å²) in [6, 6.07) is 3.48. The highest BCUT2D eigenvalue weighted by molar-refractivity contribution is 6.17. The molecule has 1 aromatic carbocycles. The second kappa shape index (κ2) is 4.62. The molecule has 0 N–H and O–H groups in total. The number of nitriles is 1. The SMILES string of the molecule is COc1ccc(C(F)(F)F)c(C#N)c1CCl. The Bertz CT molecular complexity index is 437. The number of hydrogen-bond acceptors (Lipinski definition) is 2. The lowest BCUT2D eigenvalue weighted by Crippen LogP contribution is -2.10. The van der Waals surface area contributed by atoms with E-state index in [9.17, 15) is 13.2 Å². The van der Waals surface area contributed by atoms with Gasteiger partial charge in [-0.15, -0.1) is 11.6 Å². The van der Waals surface area contributed by atoms with Crippen LogP contribution in [0.3, 0.4) is 0 Å². The van der Waals surface area contributed by atoms with E-state index in [1.54, 1.807) is 0 Å². The number of halogens is 4. The molecule has 0 saturated carbocycles. The van der Waals surface area contributed by atoms with Crippen LogP contribution in [0.2, 0.25) is 0 Å². The van der Waals surface area contributed by atoms with Gasteiger partial charge in [-0.05, 0) is 12.1 Å². The molecule has 6 heteroatoms. The monoisotopic (exact) mass is 249 g/mol. The topological polar surface area (TPSA) is 33.0 Å². The predicted molar refractivity (Wildman–Crippen MR) is 52.3 cm³/mol. The van der Waals surface area contributed by atoms with E-state index in [0.29, 0.717) is 0 Å². The molecular formula is C10H7ClF3NO. The van der Waals surface area contributed by atoms with Crippen LogP contribution < -0.4 is 4.74 Å². The van der Waals surface area contributed by atoms with E-state index < -0.39 is 17.3 Å². The number of ether oxygens (including phenoxy) is 1. The Kier molecular flexibility index (Phi) is 3.66. The first-order valence-corrected chi connectivity index (χ1v) is 4.72. The largest absolute Gasteiger partial charge is 0.496 e. The fourth-order valence-corrected chi connectivity index (χ4v) is 1.58. The summed E-state index contributed by atoms with van der Waals surface area (Å²) in [7, 11) is 1.31. The summed E-state index contributed by atoms with van der Waals surface area (Å²) >= 11 is 5.52. The maximum atomic E-state index is 12.6. The standard InChI is InChI=1S/C10H7ClF3NO/c1-16-9-3-2-8(10(12,13)14)7(5-15)6(9)4-11/h2-3H,4H2,1H3. The summed E-state index contributed by atoms with van der Waals surface area (Å²) in [5, 5.41) is 8.75. The predicted octanol–water partition coefficient (Wildman–Crippen LogP) is 3.32. The molecular weight excluding hydrogens is 243 g/mol. The van der Waals surface area contributed by atoms with Gasteiger partial charge in [-0.2, -0.15) is 18.4 Å². The van der Waals surface area contributed by atoms with E-state index in [-0.39, 0.29) is 17.2 Å². The maximum Gasteiger partial charge on any atom is 0.417 e. The summed E-state index contributed by atoms with van der Waals surface area (Å²) < 4.78 is 42.5. The number of methoxy groups -OCH3 is 1. The molecule has 2 nitrogen and oxygen atoms in total. The normalized spacial score (nSPS) is 11.0. The molecule has 1 rings (SSSR count). The average molecular weight is 250 g/mol. The average Bonchev–Trinajstić information content (AvgIpc) is 2.25. The van der Waals surface area contributed by atoms with Crippen LogP contribution in [-0.4, -0.2) is 7.11 Å². The van der Waals surface area contributed by atoms with Crippen molar-refractivity contribution in [3.63, 3.8) is 0 Å². The Morgan fingerprint density at radius 1 is 1.44 bits per heavy atom. The first-order valence-electron chi connectivity index (χ1n) is 4.18. The second-order valence-corrected chi connectivity index (χ2v) is 3.18. The Morgan fingerprint density at radius 3 is 2.44 bits per heavy atom. The fourth-order valence-electron chi connectivity index (χ4n) is 1.32. The zero-order valence-corrected chi connectivity index (χ0v) is 8.99. The summed E-state index contributed by atoms with van der Waals surface area (Å²) in [6.07, 6.45) is -4.57. The van der Waals surface area contributed by atoms with Crippen molar-refractivity contribution in [3.8, 4) is 11.8 Å². The van der Waals surface area contributed by atoms with Gasteiger partial charge in [0.2, 0.25) is 0 Å². The van der Waals surface area contributed by atoms with Crippen molar-refractivity contribution in [2.45, 2.75) is 12.1 Å². The Labute approximate surface area is 95.2 Å². The molecule has 0 spiro atoms. The first-order chi connectivity index (χ1) is 7.45. The first kappa shape index (κ1) is 12.7. The zero-order valence-electron chi connectivity index (χ0n) is 8.23. The van der Waals surface area contributed by atoms with Crippen molar-refractivity contribution in [3.05, 3.63) is 28.8 Å². The molecule has 86 valence electrons.